The van der Waals surface area contributed by atoms with E-state index in [0.29, 0.717) is 11.5 Å². The van der Waals surface area contributed by atoms with E-state index in [2.05, 4.69) is 0 Å². The van der Waals surface area contributed by atoms with Crippen LogP contribution in [0.15, 0.2) is 23.1 Å². The molecule has 0 aromatic heterocycles. The monoisotopic (exact) mass is 329 g/mol. The number of fused-ring (bicyclic) bond motifs is 1. The average Bonchev–Trinajstić information content (AvgIpc) is 2.94. The average molecular weight is 329 g/mol. The van der Waals surface area contributed by atoms with Gasteiger partial charge in [0.05, 0.1) is 24.0 Å². The number of carboxylic acids is 1. The van der Waals surface area contributed by atoms with Crippen LogP contribution in [0, 0.1) is 0 Å². The molecule has 2 heterocycles. The third-order valence-corrected chi connectivity index (χ3v) is 5.35. The zero-order valence-electron chi connectivity index (χ0n) is 11.6. The summed E-state index contributed by atoms with van der Waals surface area (Å²) in [5.74, 6) is -0.131. The lowest BCUT2D eigenvalue weighted by Crippen LogP contribution is -2.46. The van der Waals surface area contributed by atoms with Crippen LogP contribution in [0.25, 0.3) is 0 Å². The maximum atomic E-state index is 12.6. The molecule has 1 atom stereocenters. The van der Waals surface area contributed by atoms with Gasteiger partial charge in [-0.2, -0.15) is 4.31 Å². The lowest BCUT2D eigenvalue weighted by atomic mass is 10.2. The fourth-order valence-corrected chi connectivity index (χ4v) is 3.89. The smallest absolute Gasteiger partial charge is 0.306 e. The van der Waals surface area contributed by atoms with Crippen LogP contribution in [0.2, 0.25) is 0 Å². The van der Waals surface area contributed by atoms with Crippen molar-refractivity contribution in [2.24, 2.45) is 0 Å². The van der Waals surface area contributed by atoms with Gasteiger partial charge >= 0.3 is 5.97 Å². The third kappa shape index (κ3) is 2.87. The second-order valence-corrected chi connectivity index (χ2v) is 6.91. The fraction of sp³-hybridized carbons (Fsp3) is 0.462. The van der Waals surface area contributed by atoms with Crippen LogP contribution in [0.1, 0.15) is 6.42 Å². The molecular formula is C13H15NO7S. The van der Waals surface area contributed by atoms with Crippen molar-refractivity contribution >= 4 is 16.0 Å². The molecule has 1 saturated heterocycles. The molecule has 0 radical (unpaired) electrons. The highest BCUT2D eigenvalue weighted by atomic mass is 32.2. The Hall–Kier alpha value is -1.84. The molecule has 0 spiro atoms. The lowest BCUT2D eigenvalue weighted by Gasteiger charge is -2.31. The largest absolute Gasteiger partial charge is 0.481 e. The molecule has 1 aromatic rings. The highest BCUT2D eigenvalue weighted by Crippen LogP contribution is 2.34. The number of morpholine rings is 1. The van der Waals surface area contributed by atoms with E-state index >= 15 is 0 Å². The van der Waals surface area contributed by atoms with Crippen molar-refractivity contribution in [3.8, 4) is 11.5 Å². The number of nitrogens with zero attached hydrogens (tertiary/aromatic N) is 1. The number of aliphatic carboxylic acids is 1. The van der Waals surface area contributed by atoms with Gasteiger partial charge in [-0.1, -0.05) is 0 Å². The first kappa shape index (κ1) is 15.1. The van der Waals surface area contributed by atoms with Crippen molar-refractivity contribution in [1.29, 1.82) is 0 Å². The minimum atomic E-state index is -3.73. The molecule has 0 bridgehead atoms. The van der Waals surface area contributed by atoms with Crippen molar-refractivity contribution in [2.75, 3.05) is 26.5 Å². The van der Waals surface area contributed by atoms with Crippen LogP contribution in [-0.2, 0) is 19.6 Å². The third-order valence-electron chi connectivity index (χ3n) is 3.49. The molecule has 22 heavy (non-hydrogen) atoms. The quantitative estimate of drug-likeness (QED) is 0.846. The molecule has 1 aromatic carbocycles. The van der Waals surface area contributed by atoms with E-state index in [-0.39, 0.29) is 37.8 Å². The SMILES string of the molecule is O=C(O)CC1CN(S(=O)(=O)c2ccc3c(c2)OCO3)CCO1. The molecule has 1 N–H and O–H groups in total. The van der Waals surface area contributed by atoms with E-state index in [9.17, 15) is 13.2 Å². The highest BCUT2D eigenvalue weighted by molar-refractivity contribution is 7.89. The van der Waals surface area contributed by atoms with Crippen molar-refractivity contribution in [3.63, 3.8) is 0 Å². The number of carboxylic acid groups (broad SMARTS) is 1. The van der Waals surface area contributed by atoms with Crippen molar-refractivity contribution < 1.29 is 32.5 Å². The van der Waals surface area contributed by atoms with Gasteiger partial charge in [0, 0.05) is 19.2 Å². The van der Waals surface area contributed by atoms with Gasteiger partial charge in [-0.25, -0.2) is 8.42 Å². The molecule has 2 aliphatic heterocycles. The van der Waals surface area contributed by atoms with Gasteiger partial charge in [-0.3, -0.25) is 4.79 Å². The molecule has 0 amide bonds. The van der Waals surface area contributed by atoms with Crippen molar-refractivity contribution in [2.45, 2.75) is 17.4 Å². The Labute approximate surface area is 127 Å². The molecule has 0 aliphatic carbocycles. The summed E-state index contributed by atoms with van der Waals surface area (Å²) in [6.45, 7) is 0.439. The standard InChI is InChI=1S/C13H15NO7S/c15-13(16)5-9-7-14(3-4-19-9)22(17,18)10-1-2-11-12(6-10)21-8-20-11/h1-2,6,9H,3-5,7-8H2,(H,15,16). The van der Waals surface area contributed by atoms with Gasteiger partial charge in [-0.05, 0) is 12.1 Å². The summed E-state index contributed by atoms with van der Waals surface area (Å²) in [5.41, 5.74) is 0. The van der Waals surface area contributed by atoms with Crippen LogP contribution in [0.3, 0.4) is 0 Å². The Bertz CT molecular complexity index is 688. The normalized spacial score (nSPS) is 21.7. The summed E-state index contributed by atoms with van der Waals surface area (Å²) >= 11 is 0. The van der Waals surface area contributed by atoms with Crippen LogP contribution < -0.4 is 9.47 Å². The van der Waals surface area contributed by atoms with E-state index < -0.39 is 22.1 Å². The van der Waals surface area contributed by atoms with Gasteiger partial charge in [-0.15, -0.1) is 0 Å². The Morgan fingerprint density at radius 1 is 1.32 bits per heavy atom. The van der Waals surface area contributed by atoms with E-state index in [1.807, 2.05) is 0 Å². The van der Waals surface area contributed by atoms with Gasteiger partial charge in [0.1, 0.15) is 0 Å². The first-order valence-corrected chi connectivity index (χ1v) is 8.14. The first-order chi connectivity index (χ1) is 10.5. The summed E-state index contributed by atoms with van der Waals surface area (Å²) in [6, 6.07) is 4.41. The van der Waals surface area contributed by atoms with Crippen molar-refractivity contribution in [3.05, 3.63) is 18.2 Å². The molecule has 2 aliphatic rings. The van der Waals surface area contributed by atoms with Gasteiger partial charge in [0.15, 0.2) is 11.5 Å². The maximum absolute atomic E-state index is 12.6. The Morgan fingerprint density at radius 3 is 2.86 bits per heavy atom. The number of carbonyl (C=O) groups is 1. The number of sulfonamides is 1. The summed E-state index contributed by atoms with van der Waals surface area (Å²) in [4.78, 5) is 10.8. The topological polar surface area (TPSA) is 102 Å². The fourth-order valence-electron chi connectivity index (χ4n) is 2.42. The number of benzene rings is 1. The molecular weight excluding hydrogens is 314 g/mol. The minimum absolute atomic E-state index is 0.0169. The second kappa shape index (κ2) is 5.75. The Kier molecular flexibility index (Phi) is 3.94. The molecule has 9 heteroatoms. The van der Waals surface area contributed by atoms with Gasteiger partial charge in [0.25, 0.3) is 0 Å². The van der Waals surface area contributed by atoms with Crippen LogP contribution in [0.5, 0.6) is 11.5 Å². The Balaban J connectivity index is 1.81. The highest BCUT2D eigenvalue weighted by Gasteiger charge is 2.32. The summed E-state index contributed by atoms with van der Waals surface area (Å²) in [5, 5.41) is 8.80. The molecule has 3 rings (SSSR count). The van der Waals surface area contributed by atoms with Crippen molar-refractivity contribution in [1.82, 2.24) is 4.31 Å². The van der Waals surface area contributed by atoms with E-state index in [1.54, 1.807) is 6.07 Å². The van der Waals surface area contributed by atoms with Gasteiger partial charge < -0.3 is 19.3 Å². The molecule has 1 unspecified atom stereocenters. The predicted molar refractivity (Wildman–Crippen MR) is 73.3 cm³/mol. The molecule has 1 fully saturated rings. The number of ether oxygens (including phenoxy) is 3. The summed E-state index contributed by atoms with van der Waals surface area (Å²) in [6.07, 6.45) is -0.872. The molecule has 0 saturated carbocycles. The first-order valence-electron chi connectivity index (χ1n) is 6.70. The second-order valence-electron chi connectivity index (χ2n) is 4.97. The summed E-state index contributed by atoms with van der Waals surface area (Å²) in [7, 11) is -3.73. The zero-order chi connectivity index (χ0) is 15.7. The maximum Gasteiger partial charge on any atom is 0.306 e. The minimum Gasteiger partial charge on any atom is -0.481 e. The van der Waals surface area contributed by atoms with Crippen LogP contribution in [0.4, 0.5) is 0 Å². The van der Waals surface area contributed by atoms with E-state index in [4.69, 9.17) is 19.3 Å². The van der Waals surface area contributed by atoms with Crippen LogP contribution in [-0.4, -0.2) is 56.4 Å². The van der Waals surface area contributed by atoms with Crippen LogP contribution >= 0.6 is 0 Å². The number of hydrogen-bond acceptors (Lipinski definition) is 6. The number of rotatable bonds is 4. The molecule has 8 nitrogen and oxygen atoms in total. The van der Waals surface area contributed by atoms with Gasteiger partial charge in [0.2, 0.25) is 16.8 Å². The molecule has 120 valence electrons. The predicted octanol–water partition coefficient (Wildman–Crippen LogP) is 0.280. The lowest BCUT2D eigenvalue weighted by molar-refractivity contribution is -0.141. The Morgan fingerprint density at radius 2 is 2.09 bits per heavy atom. The van der Waals surface area contributed by atoms with E-state index in [0.717, 1.165) is 0 Å². The zero-order valence-corrected chi connectivity index (χ0v) is 12.4. The number of hydrogen-bond donors (Lipinski definition) is 1. The van der Waals surface area contributed by atoms with E-state index in [1.165, 1.54) is 16.4 Å². The summed E-state index contributed by atoms with van der Waals surface area (Å²) < 4.78 is 42.2.